The lowest BCUT2D eigenvalue weighted by Gasteiger charge is -2.17. The van der Waals surface area contributed by atoms with Crippen molar-refractivity contribution in [3.63, 3.8) is 0 Å². The maximum atomic E-state index is 12.5. The van der Waals surface area contributed by atoms with Crippen LogP contribution in [0.4, 0.5) is 5.69 Å². The highest BCUT2D eigenvalue weighted by Gasteiger charge is 2.23. The summed E-state index contributed by atoms with van der Waals surface area (Å²) in [4.78, 5) is 48.6. The Balaban J connectivity index is 1.30. The minimum atomic E-state index is -0.614. The van der Waals surface area contributed by atoms with Crippen LogP contribution in [0.2, 0.25) is 0 Å². The van der Waals surface area contributed by atoms with Crippen LogP contribution < -0.4 is 11.1 Å². The van der Waals surface area contributed by atoms with Crippen molar-refractivity contribution in [2.75, 3.05) is 7.05 Å². The summed E-state index contributed by atoms with van der Waals surface area (Å²) in [5.74, 6) is -0.774. The van der Waals surface area contributed by atoms with Crippen LogP contribution in [-0.4, -0.2) is 39.3 Å². The van der Waals surface area contributed by atoms with Gasteiger partial charge in [0.1, 0.15) is 0 Å². The molecule has 3 aromatic rings. The molecular formula is C23H24N4O6. The number of hydrogen-bond donors (Lipinski definition) is 1. The standard InChI is InChI=1S/C23H24N4O6/c1-25(14-15-4-6-16(7-5-15)22(29)24-17-8-9-17)21(28)3-2-12-26-19-11-10-18(27(31)32)13-20(19)33-23(26)30/h4-7,10-11,13,17H,2-3,8-9,12,14H2,1H3,(H,24,29). The summed E-state index contributed by atoms with van der Waals surface area (Å²) < 4.78 is 6.48. The molecule has 0 atom stereocenters. The third-order valence-corrected chi connectivity index (χ3v) is 5.61. The molecule has 2 amide bonds. The molecular weight excluding hydrogens is 428 g/mol. The first-order valence-corrected chi connectivity index (χ1v) is 10.7. The molecule has 0 unspecified atom stereocenters. The number of aromatic nitrogens is 1. The molecule has 10 heteroatoms. The largest absolute Gasteiger partial charge is 0.419 e. The maximum Gasteiger partial charge on any atom is 0.419 e. The summed E-state index contributed by atoms with van der Waals surface area (Å²) in [7, 11) is 1.70. The van der Waals surface area contributed by atoms with E-state index in [-0.39, 0.29) is 36.1 Å². The van der Waals surface area contributed by atoms with Crippen molar-refractivity contribution >= 4 is 28.6 Å². The van der Waals surface area contributed by atoms with Gasteiger partial charge < -0.3 is 14.6 Å². The summed E-state index contributed by atoms with van der Waals surface area (Å²) in [5.41, 5.74) is 1.95. The molecule has 0 saturated heterocycles. The summed E-state index contributed by atoms with van der Waals surface area (Å²) in [6.45, 7) is 0.662. The molecule has 0 spiro atoms. The third kappa shape index (κ3) is 5.28. The lowest BCUT2D eigenvalue weighted by molar-refractivity contribution is -0.384. The fourth-order valence-electron chi connectivity index (χ4n) is 3.58. The molecule has 1 saturated carbocycles. The fraction of sp³-hybridized carbons (Fsp3) is 0.348. The van der Waals surface area contributed by atoms with E-state index in [0.717, 1.165) is 18.4 Å². The Kier molecular flexibility index (Phi) is 6.25. The molecule has 0 radical (unpaired) electrons. The lowest BCUT2D eigenvalue weighted by atomic mass is 10.1. The number of carbonyl (C=O) groups is 2. The summed E-state index contributed by atoms with van der Waals surface area (Å²) >= 11 is 0. The van der Waals surface area contributed by atoms with Crippen LogP contribution in [0.5, 0.6) is 0 Å². The monoisotopic (exact) mass is 452 g/mol. The molecule has 172 valence electrons. The van der Waals surface area contributed by atoms with E-state index >= 15 is 0 Å². The highest BCUT2D eigenvalue weighted by Crippen LogP contribution is 2.21. The quantitative estimate of drug-likeness (QED) is 0.393. The molecule has 1 aromatic heterocycles. The number of nitro groups is 1. The van der Waals surface area contributed by atoms with Gasteiger partial charge in [0.25, 0.3) is 11.6 Å². The van der Waals surface area contributed by atoms with E-state index in [0.29, 0.717) is 30.1 Å². The molecule has 10 nitrogen and oxygen atoms in total. The number of fused-ring (bicyclic) bond motifs is 1. The van der Waals surface area contributed by atoms with Gasteiger partial charge in [-0.25, -0.2) is 4.79 Å². The molecule has 0 bridgehead atoms. The van der Waals surface area contributed by atoms with Crippen molar-refractivity contribution < 1.29 is 18.9 Å². The van der Waals surface area contributed by atoms with Crippen molar-refractivity contribution in [2.24, 2.45) is 0 Å². The number of benzene rings is 2. The number of carbonyl (C=O) groups excluding carboxylic acids is 2. The number of hydrogen-bond acceptors (Lipinski definition) is 6. The van der Waals surface area contributed by atoms with E-state index in [1.54, 1.807) is 24.1 Å². The molecule has 4 rings (SSSR count). The van der Waals surface area contributed by atoms with Crippen LogP contribution in [-0.2, 0) is 17.9 Å². The number of nitrogens with zero attached hydrogens (tertiary/aromatic N) is 3. The Morgan fingerprint density at radius 2 is 1.94 bits per heavy atom. The van der Waals surface area contributed by atoms with Gasteiger partial charge in [0, 0.05) is 44.2 Å². The van der Waals surface area contributed by atoms with E-state index in [1.807, 2.05) is 12.1 Å². The topological polar surface area (TPSA) is 128 Å². The van der Waals surface area contributed by atoms with Crippen molar-refractivity contribution in [1.29, 1.82) is 0 Å². The van der Waals surface area contributed by atoms with E-state index in [2.05, 4.69) is 5.32 Å². The lowest BCUT2D eigenvalue weighted by Crippen LogP contribution is -2.27. The zero-order valence-corrected chi connectivity index (χ0v) is 18.2. The Hall–Kier alpha value is -3.95. The third-order valence-electron chi connectivity index (χ3n) is 5.61. The summed E-state index contributed by atoms with van der Waals surface area (Å²) in [6, 6.07) is 11.5. The second kappa shape index (κ2) is 9.27. The number of rotatable bonds is 9. The average molecular weight is 452 g/mol. The van der Waals surface area contributed by atoms with E-state index in [1.165, 1.54) is 22.8 Å². The summed E-state index contributed by atoms with van der Waals surface area (Å²) in [5, 5.41) is 13.8. The van der Waals surface area contributed by atoms with Gasteiger partial charge in [0.05, 0.1) is 16.5 Å². The molecule has 0 aliphatic heterocycles. The van der Waals surface area contributed by atoms with Crippen LogP contribution in [0, 0.1) is 10.1 Å². The molecule has 2 aromatic carbocycles. The minimum Gasteiger partial charge on any atom is -0.407 e. The van der Waals surface area contributed by atoms with Crippen LogP contribution in [0.25, 0.3) is 11.1 Å². The van der Waals surface area contributed by atoms with Gasteiger partial charge in [-0.15, -0.1) is 0 Å². The average Bonchev–Trinajstić information content (AvgIpc) is 3.55. The van der Waals surface area contributed by atoms with E-state index in [4.69, 9.17) is 4.42 Å². The molecule has 1 heterocycles. The van der Waals surface area contributed by atoms with E-state index in [9.17, 15) is 24.5 Å². The van der Waals surface area contributed by atoms with Crippen molar-refractivity contribution in [3.8, 4) is 0 Å². The molecule has 1 fully saturated rings. The zero-order valence-electron chi connectivity index (χ0n) is 18.2. The van der Waals surface area contributed by atoms with Crippen LogP contribution in [0.1, 0.15) is 41.6 Å². The second-order valence-electron chi connectivity index (χ2n) is 8.23. The normalized spacial score (nSPS) is 13.1. The fourth-order valence-corrected chi connectivity index (χ4v) is 3.58. The number of aryl methyl sites for hydroxylation is 1. The van der Waals surface area contributed by atoms with Gasteiger partial charge >= 0.3 is 5.76 Å². The van der Waals surface area contributed by atoms with Crippen LogP contribution in [0.3, 0.4) is 0 Å². The molecule has 1 aliphatic rings. The van der Waals surface area contributed by atoms with Crippen LogP contribution in [0.15, 0.2) is 51.7 Å². The number of nitro benzene ring substituents is 1. The number of nitrogens with one attached hydrogen (secondary N) is 1. The predicted molar refractivity (Wildman–Crippen MR) is 120 cm³/mol. The second-order valence-corrected chi connectivity index (χ2v) is 8.23. The van der Waals surface area contributed by atoms with E-state index < -0.39 is 10.7 Å². The Morgan fingerprint density at radius 1 is 1.21 bits per heavy atom. The Morgan fingerprint density at radius 3 is 2.61 bits per heavy atom. The van der Waals surface area contributed by atoms with Crippen LogP contribution >= 0.6 is 0 Å². The van der Waals surface area contributed by atoms with Gasteiger partial charge in [-0.05, 0) is 43.0 Å². The van der Waals surface area contributed by atoms with Gasteiger partial charge in [-0.3, -0.25) is 24.3 Å². The summed E-state index contributed by atoms with van der Waals surface area (Å²) in [6.07, 6.45) is 2.70. The number of amides is 2. The maximum absolute atomic E-state index is 12.5. The van der Waals surface area contributed by atoms with Gasteiger partial charge in [-0.2, -0.15) is 0 Å². The number of non-ortho nitro benzene ring substituents is 1. The van der Waals surface area contributed by atoms with Gasteiger partial charge in [0.15, 0.2) is 5.58 Å². The first-order valence-electron chi connectivity index (χ1n) is 10.7. The van der Waals surface area contributed by atoms with Crippen molar-refractivity contribution in [1.82, 2.24) is 14.8 Å². The highest BCUT2D eigenvalue weighted by molar-refractivity contribution is 5.94. The SMILES string of the molecule is CN(Cc1ccc(C(=O)NC2CC2)cc1)C(=O)CCCn1c(=O)oc2cc([N+](=O)[O-])ccc21. The number of oxazole rings is 1. The molecule has 1 N–H and O–H groups in total. The predicted octanol–water partition coefficient (Wildman–Crippen LogP) is 2.83. The Labute approximate surface area is 188 Å². The molecule has 33 heavy (non-hydrogen) atoms. The van der Waals surface area contributed by atoms with Crippen molar-refractivity contribution in [2.45, 2.75) is 44.8 Å². The van der Waals surface area contributed by atoms with Gasteiger partial charge in [0.2, 0.25) is 5.91 Å². The smallest absolute Gasteiger partial charge is 0.407 e. The van der Waals surface area contributed by atoms with Crippen molar-refractivity contribution in [3.05, 3.63) is 74.3 Å². The zero-order chi connectivity index (χ0) is 23.5. The van der Waals surface area contributed by atoms with Gasteiger partial charge in [-0.1, -0.05) is 12.1 Å². The first kappa shape index (κ1) is 22.3. The first-order chi connectivity index (χ1) is 15.8. The highest BCUT2D eigenvalue weighted by atomic mass is 16.6. The molecule has 1 aliphatic carbocycles. The Bertz CT molecular complexity index is 1260. The minimum absolute atomic E-state index is 0.0786.